The van der Waals surface area contributed by atoms with Gasteiger partial charge in [0.1, 0.15) is 5.75 Å². The van der Waals surface area contributed by atoms with Crippen molar-refractivity contribution < 1.29 is 9.53 Å². The fourth-order valence-corrected chi connectivity index (χ4v) is 1.64. The third kappa shape index (κ3) is 4.89. The molecule has 0 saturated carbocycles. The van der Waals surface area contributed by atoms with Gasteiger partial charge in [-0.15, -0.1) is 0 Å². The Morgan fingerprint density at radius 3 is 2.57 bits per heavy atom. The molecule has 1 aromatic carbocycles. The van der Waals surface area contributed by atoms with Crippen LogP contribution >= 0.6 is 11.6 Å². The third-order valence-electron chi connectivity index (χ3n) is 2.63. The topological polar surface area (TPSA) is 63.6 Å². The van der Waals surface area contributed by atoms with Crippen LogP contribution in [-0.2, 0) is 4.79 Å². The maximum atomic E-state index is 11.6. The molecule has 108 valence electrons. The lowest BCUT2D eigenvalue weighted by Crippen LogP contribution is -2.25. The van der Waals surface area contributed by atoms with Gasteiger partial charge in [0.05, 0.1) is 5.71 Å². The molecule has 1 amide bonds. The number of nitrogens with one attached hydrogen (secondary N) is 1. The van der Waals surface area contributed by atoms with Crippen LogP contribution in [0.4, 0.5) is 0 Å². The molecule has 0 aliphatic heterocycles. The van der Waals surface area contributed by atoms with Crippen LogP contribution in [0.15, 0.2) is 53.9 Å². The zero-order valence-corrected chi connectivity index (χ0v) is 12.2. The van der Waals surface area contributed by atoms with Crippen molar-refractivity contribution in [2.75, 3.05) is 6.61 Å². The summed E-state index contributed by atoms with van der Waals surface area (Å²) in [6.07, 6.45) is 3.33. The number of carbonyl (C=O) groups is 1. The van der Waals surface area contributed by atoms with Gasteiger partial charge in [0.15, 0.2) is 6.61 Å². The van der Waals surface area contributed by atoms with Gasteiger partial charge in [0.2, 0.25) is 0 Å². The highest BCUT2D eigenvalue weighted by molar-refractivity contribution is 6.30. The molecule has 1 N–H and O–H groups in total. The summed E-state index contributed by atoms with van der Waals surface area (Å²) in [5, 5.41) is 4.62. The molecule has 2 rings (SSSR count). The Balaban J connectivity index is 1.83. The molecule has 0 unspecified atom stereocenters. The van der Waals surface area contributed by atoms with Crippen molar-refractivity contribution in [1.29, 1.82) is 0 Å². The lowest BCUT2D eigenvalue weighted by atomic mass is 10.2. The van der Waals surface area contributed by atoms with E-state index < -0.39 is 0 Å². The Morgan fingerprint density at radius 2 is 1.90 bits per heavy atom. The number of halogens is 1. The first-order chi connectivity index (χ1) is 10.1. The molecule has 0 spiro atoms. The highest BCUT2D eigenvalue weighted by atomic mass is 35.5. The van der Waals surface area contributed by atoms with Crippen LogP contribution in [0.5, 0.6) is 5.75 Å². The van der Waals surface area contributed by atoms with Crippen LogP contribution in [0.25, 0.3) is 0 Å². The average molecular weight is 304 g/mol. The Hall–Kier alpha value is -2.40. The predicted octanol–water partition coefficient (Wildman–Crippen LogP) is 2.65. The molecule has 0 aliphatic carbocycles. The van der Waals surface area contributed by atoms with Crippen molar-refractivity contribution in [2.45, 2.75) is 6.92 Å². The summed E-state index contributed by atoms with van der Waals surface area (Å²) >= 11 is 5.76. The first-order valence-electron chi connectivity index (χ1n) is 6.27. The van der Waals surface area contributed by atoms with Crippen LogP contribution in [0.3, 0.4) is 0 Å². The van der Waals surface area contributed by atoms with Crippen molar-refractivity contribution in [1.82, 2.24) is 10.4 Å². The minimum atomic E-state index is -0.335. The number of aromatic nitrogens is 1. The molecule has 5 nitrogen and oxygen atoms in total. The predicted molar refractivity (Wildman–Crippen MR) is 81.5 cm³/mol. The number of carbonyl (C=O) groups excluding carboxylic acids is 1. The maximum Gasteiger partial charge on any atom is 0.277 e. The van der Waals surface area contributed by atoms with Gasteiger partial charge in [-0.2, -0.15) is 5.10 Å². The number of ether oxygens (including phenoxy) is 1. The van der Waals surface area contributed by atoms with E-state index in [0.717, 1.165) is 5.56 Å². The minimum absolute atomic E-state index is 0.116. The van der Waals surface area contributed by atoms with Crippen molar-refractivity contribution >= 4 is 23.2 Å². The minimum Gasteiger partial charge on any atom is -0.484 e. The lowest BCUT2D eigenvalue weighted by Gasteiger charge is -2.05. The standard InChI is InChI=1S/C15H14ClN3O2/c1-11(12-6-8-17-9-7-12)18-19-15(20)10-21-14-4-2-13(16)3-5-14/h2-9H,10H2,1H3,(H,19,20)/b18-11+. The van der Waals surface area contributed by atoms with E-state index in [1.807, 2.05) is 12.1 Å². The van der Waals surface area contributed by atoms with E-state index in [0.29, 0.717) is 16.5 Å². The first kappa shape index (κ1) is 15.0. The molecule has 1 aromatic heterocycles. The molecular formula is C15H14ClN3O2. The molecule has 6 heteroatoms. The number of hydrogen-bond donors (Lipinski definition) is 1. The van der Waals surface area contributed by atoms with Gasteiger partial charge in [0.25, 0.3) is 5.91 Å². The Bertz CT molecular complexity index is 627. The van der Waals surface area contributed by atoms with E-state index in [9.17, 15) is 4.79 Å². The van der Waals surface area contributed by atoms with Crippen molar-refractivity contribution in [2.24, 2.45) is 5.10 Å². The maximum absolute atomic E-state index is 11.6. The fraction of sp³-hybridized carbons (Fsp3) is 0.133. The highest BCUT2D eigenvalue weighted by Crippen LogP contribution is 2.15. The van der Waals surface area contributed by atoms with Crippen LogP contribution in [0.2, 0.25) is 5.02 Å². The normalized spacial score (nSPS) is 11.0. The fourth-order valence-electron chi connectivity index (χ4n) is 1.52. The largest absolute Gasteiger partial charge is 0.484 e. The van der Waals surface area contributed by atoms with Crippen LogP contribution in [0.1, 0.15) is 12.5 Å². The van der Waals surface area contributed by atoms with Crippen molar-refractivity contribution in [3.05, 3.63) is 59.4 Å². The molecule has 0 saturated heterocycles. The van der Waals surface area contributed by atoms with E-state index in [-0.39, 0.29) is 12.5 Å². The summed E-state index contributed by atoms with van der Waals surface area (Å²) in [6.45, 7) is 1.68. The zero-order valence-electron chi connectivity index (χ0n) is 11.4. The molecule has 0 atom stereocenters. The monoisotopic (exact) mass is 303 g/mol. The summed E-state index contributed by atoms with van der Waals surface area (Å²) in [4.78, 5) is 15.6. The van der Waals surface area contributed by atoms with Crippen molar-refractivity contribution in [3.63, 3.8) is 0 Å². The number of nitrogens with zero attached hydrogens (tertiary/aromatic N) is 2. The highest BCUT2D eigenvalue weighted by Gasteiger charge is 2.03. The quantitative estimate of drug-likeness (QED) is 0.682. The lowest BCUT2D eigenvalue weighted by molar-refractivity contribution is -0.123. The smallest absolute Gasteiger partial charge is 0.277 e. The van der Waals surface area contributed by atoms with E-state index in [2.05, 4.69) is 15.5 Å². The second kappa shape index (κ2) is 7.40. The number of amides is 1. The van der Waals surface area contributed by atoms with Crippen LogP contribution < -0.4 is 10.2 Å². The summed E-state index contributed by atoms with van der Waals surface area (Å²) in [5.41, 5.74) is 4.02. The first-order valence-corrected chi connectivity index (χ1v) is 6.65. The second-order valence-corrected chi connectivity index (χ2v) is 4.65. The zero-order chi connectivity index (χ0) is 15.1. The second-order valence-electron chi connectivity index (χ2n) is 4.21. The summed E-state index contributed by atoms with van der Waals surface area (Å²) in [5.74, 6) is 0.239. The summed E-state index contributed by atoms with van der Waals surface area (Å²) < 4.78 is 5.31. The van der Waals surface area contributed by atoms with Gasteiger partial charge in [-0.3, -0.25) is 9.78 Å². The average Bonchev–Trinajstić information content (AvgIpc) is 2.53. The van der Waals surface area contributed by atoms with Gasteiger partial charge < -0.3 is 4.74 Å². The van der Waals surface area contributed by atoms with E-state index in [1.165, 1.54) is 0 Å². The van der Waals surface area contributed by atoms with Gasteiger partial charge in [-0.1, -0.05) is 11.6 Å². The van der Waals surface area contributed by atoms with Crippen LogP contribution in [0, 0.1) is 0 Å². The van der Waals surface area contributed by atoms with E-state index in [4.69, 9.17) is 16.3 Å². The number of hydrazone groups is 1. The van der Waals surface area contributed by atoms with Gasteiger partial charge in [0, 0.05) is 23.0 Å². The molecule has 2 aromatic rings. The number of pyridine rings is 1. The van der Waals surface area contributed by atoms with Gasteiger partial charge in [-0.25, -0.2) is 5.43 Å². The molecule has 0 aliphatic rings. The molecule has 1 heterocycles. The summed E-state index contributed by atoms with van der Waals surface area (Å²) in [7, 11) is 0. The van der Waals surface area contributed by atoms with E-state index in [1.54, 1.807) is 43.6 Å². The Labute approximate surface area is 127 Å². The molecule has 0 bridgehead atoms. The van der Waals surface area contributed by atoms with Crippen LogP contribution in [-0.4, -0.2) is 23.2 Å². The Kier molecular flexibility index (Phi) is 5.29. The van der Waals surface area contributed by atoms with E-state index >= 15 is 0 Å². The number of hydrogen-bond acceptors (Lipinski definition) is 4. The SMILES string of the molecule is C/C(=N\NC(=O)COc1ccc(Cl)cc1)c1ccncc1. The molecule has 0 radical (unpaired) electrons. The van der Waals surface area contributed by atoms with Crippen molar-refractivity contribution in [3.8, 4) is 5.75 Å². The molecule has 21 heavy (non-hydrogen) atoms. The Morgan fingerprint density at radius 1 is 1.24 bits per heavy atom. The molecular weight excluding hydrogens is 290 g/mol. The molecule has 0 fully saturated rings. The van der Waals surface area contributed by atoms with Gasteiger partial charge >= 0.3 is 0 Å². The summed E-state index contributed by atoms with van der Waals surface area (Å²) in [6, 6.07) is 10.4. The van der Waals surface area contributed by atoms with Gasteiger partial charge in [-0.05, 0) is 43.3 Å². The number of benzene rings is 1. The number of rotatable bonds is 5. The third-order valence-corrected chi connectivity index (χ3v) is 2.88.